The molecule has 0 aliphatic carbocycles. The zero-order valence-electron chi connectivity index (χ0n) is 8.56. The summed E-state index contributed by atoms with van der Waals surface area (Å²) in [6.45, 7) is 0. The fourth-order valence-corrected chi connectivity index (χ4v) is 1.78. The van der Waals surface area contributed by atoms with E-state index in [1.165, 1.54) is 18.3 Å². The van der Waals surface area contributed by atoms with Crippen LogP contribution in [0.2, 0.25) is 0 Å². The fourth-order valence-electron chi connectivity index (χ4n) is 1.20. The van der Waals surface area contributed by atoms with Crippen LogP contribution in [-0.4, -0.2) is 19.0 Å². The summed E-state index contributed by atoms with van der Waals surface area (Å²) in [4.78, 5) is 4.09. The van der Waals surface area contributed by atoms with Crippen molar-refractivity contribution >= 4 is 20.7 Å². The summed E-state index contributed by atoms with van der Waals surface area (Å²) in [6, 6.07) is 2.78. The van der Waals surface area contributed by atoms with Crippen LogP contribution in [-0.2, 0) is 16.2 Å². The number of pyridine rings is 1. The van der Waals surface area contributed by atoms with E-state index in [2.05, 4.69) is 10.1 Å². The first-order valence-corrected chi connectivity index (χ1v) is 6.52. The molecule has 0 aliphatic heterocycles. The van der Waals surface area contributed by atoms with Crippen molar-refractivity contribution in [3.05, 3.63) is 36.3 Å². The lowest BCUT2D eigenvalue weighted by Gasteiger charge is -2.02. The molecule has 0 fully saturated rings. The largest absolute Gasteiger partial charge is 0.419 e. The Kier molecular flexibility index (Phi) is 3.40. The second kappa shape index (κ2) is 4.69. The first-order chi connectivity index (χ1) is 8.38. The highest BCUT2D eigenvalue weighted by molar-refractivity contribution is 8.08. The number of hydrogen-bond acceptors (Lipinski definition) is 3. The lowest BCUT2D eigenvalue weighted by molar-refractivity contribution is -0.137. The van der Waals surface area contributed by atoms with Crippen molar-refractivity contribution in [2.45, 2.75) is 11.1 Å². The van der Waals surface area contributed by atoms with Crippen LogP contribution in [0.15, 0.2) is 35.6 Å². The maximum atomic E-state index is 12.4. The Balaban J connectivity index is 2.32. The molecule has 0 amide bonds. The summed E-state index contributed by atoms with van der Waals surface area (Å²) in [7, 11) is 3.62. The summed E-state index contributed by atoms with van der Waals surface area (Å²) in [6.07, 6.45) is -1.71. The SMILES string of the molecule is O=S(Cl)c1ccc(-n2cc(C(F)(F)F)cn2)nc1. The molecule has 4 nitrogen and oxygen atoms in total. The van der Waals surface area contributed by atoms with Crippen LogP contribution in [0.25, 0.3) is 5.82 Å². The molecule has 0 aliphatic rings. The van der Waals surface area contributed by atoms with Gasteiger partial charge in [-0.1, -0.05) is 0 Å². The molecular formula is C9H5ClF3N3OS. The summed E-state index contributed by atoms with van der Waals surface area (Å²) in [5.74, 6) is 0.177. The fraction of sp³-hybridized carbons (Fsp3) is 0.111. The minimum Gasteiger partial charge on any atom is -0.237 e. The standard InChI is InChI=1S/C9H5ClF3N3OS/c10-18(17)7-1-2-8(14-4-7)16-5-6(3-15-16)9(11,12)13/h1-5H. The number of rotatable bonds is 2. The van der Waals surface area contributed by atoms with Crippen LogP contribution in [0.4, 0.5) is 13.2 Å². The Morgan fingerprint density at radius 2 is 2.00 bits per heavy atom. The van der Waals surface area contributed by atoms with Crippen molar-refractivity contribution in [3.8, 4) is 5.82 Å². The van der Waals surface area contributed by atoms with Gasteiger partial charge in [-0.25, -0.2) is 13.9 Å². The number of hydrogen-bond donors (Lipinski definition) is 0. The minimum atomic E-state index is -4.45. The predicted molar refractivity (Wildman–Crippen MR) is 58.6 cm³/mol. The van der Waals surface area contributed by atoms with Gasteiger partial charge >= 0.3 is 6.18 Å². The zero-order chi connectivity index (χ0) is 13.3. The first-order valence-electron chi connectivity index (χ1n) is 4.54. The Morgan fingerprint density at radius 1 is 1.28 bits per heavy atom. The minimum absolute atomic E-state index is 0.177. The van der Waals surface area contributed by atoms with Gasteiger partial charge in [-0.3, -0.25) is 0 Å². The van der Waals surface area contributed by atoms with Gasteiger partial charge in [0.15, 0.2) is 5.82 Å². The van der Waals surface area contributed by atoms with Gasteiger partial charge < -0.3 is 0 Å². The Bertz CT molecular complexity index is 581. The molecule has 0 N–H and O–H groups in total. The van der Waals surface area contributed by atoms with Gasteiger partial charge in [0.1, 0.15) is 10.0 Å². The van der Waals surface area contributed by atoms with E-state index in [0.29, 0.717) is 6.20 Å². The Labute approximate surface area is 106 Å². The number of alkyl halides is 3. The molecule has 2 aromatic rings. The van der Waals surface area contributed by atoms with E-state index in [-0.39, 0.29) is 10.7 Å². The van der Waals surface area contributed by atoms with Gasteiger partial charge in [0, 0.05) is 12.4 Å². The van der Waals surface area contributed by atoms with E-state index in [0.717, 1.165) is 10.9 Å². The zero-order valence-corrected chi connectivity index (χ0v) is 10.1. The third-order valence-corrected chi connectivity index (χ3v) is 3.20. The summed E-state index contributed by atoms with van der Waals surface area (Å²) < 4.78 is 48.9. The Hall–Kier alpha value is -1.41. The normalized spacial score (nSPS) is 13.6. The van der Waals surface area contributed by atoms with Gasteiger partial charge in [0.2, 0.25) is 0 Å². The highest BCUT2D eigenvalue weighted by atomic mass is 35.7. The first kappa shape index (κ1) is 13.0. The highest BCUT2D eigenvalue weighted by Gasteiger charge is 2.32. The molecule has 18 heavy (non-hydrogen) atoms. The maximum Gasteiger partial charge on any atom is 0.419 e. The van der Waals surface area contributed by atoms with Crippen molar-refractivity contribution in [1.29, 1.82) is 0 Å². The molecule has 0 radical (unpaired) electrons. The van der Waals surface area contributed by atoms with Gasteiger partial charge in [-0.05, 0) is 22.8 Å². The predicted octanol–water partition coefficient (Wildman–Crippen LogP) is 2.55. The van der Waals surface area contributed by atoms with Crippen LogP contribution in [0.5, 0.6) is 0 Å². The molecule has 9 heteroatoms. The molecule has 0 saturated heterocycles. The average Bonchev–Trinajstić information content (AvgIpc) is 2.78. The summed E-state index contributed by atoms with van der Waals surface area (Å²) >= 11 is 0. The monoisotopic (exact) mass is 295 g/mol. The molecule has 0 spiro atoms. The van der Waals surface area contributed by atoms with Crippen LogP contribution in [0, 0.1) is 0 Å². The quantitative estimate of drug-likeness (QED) is 0.800. The van der Waals surface area contributed by atoms with E-state index in [4.69, 9.17) is 10.7 Å². The second-order valence-corrected chi connectivity index (χ2v) is 5.01. The van der Waals surface area contributed by atoms with Gasteiger partial charge in [-0.15, -0.1) is 0 Å². The maximum absolute atomic E-state index is 12.4. The van der Waals surface area contributed by atoms with Crippen LogP contribution < -0.4 is 0 Å². The van der Waals surface area contributed by atoms with E-state index in [1.807, 2.05) is 0 Å². The van der Waals surface area contributed by atoms with Crippen LogP contribution in [0.3, 0.4) is 0 Å². The van der Waals surface area contributed by atoms with Crippen molar-refractivity contribution in [3.63, 3.8) is 0 Å². The number of nitrogens with zero attached hydrogens (tertiary/aromatic N) is 3. The molecule has 2 rings (SSSR count). The van der Waals surface area contributed by atoms with Crippen LogP contribution >= 0.6 is 10.7 Å². The van der Waals surface area contributed by atoms with Gasteiger partial charge in [0.05, 0.1) is 16.7 Å². The molecule has 0 aromatic carbocycles. The average molecular weight is 296 g/mol. The van der Waals surface area contributed by atoms with E-state index < -0.39 is 21.8 Å². The molecule has 96 valence electrons. The van der Waals surface area contributed by atoms with Crippen molar-refractivity contribution in [2.75, 3.05) is 0 Å². The summed E-state index contributed by atoms with van der Waals surface area (Å²) in [5.41, 5.74) is -0.866. The number of halogens is 4. The number of aromatic nitrogens is 3. The lowest BCUT2D eigenvalue weighted by Crippen LogP contribution is -2.03. The lowest BCUT2D eigenvalue weighted by atomic mass is 10.3. The Morgan fingerprint density at radius 3 is 2.44 bits per heavy atom. The summed E-state index contributed by atoms with van der Waals surface area (Å²) in [5, 5.41) is 3.55. The smallest absolute Gasteiger partial charge is 0.237 e. The molecular weight excluding hydrogens is 291 g/mol. The molecule has 1 unspecified atom stereocenters. The molecule has 1 atom stereocenters. The van der Waals surface area contributed by atoms with E-state index in [9.17, 15) is 17.4 Å². The topological polar surface area (TPSA) is 47.8 Å². The highest BCUT2D eigenvalue weighted by Crippen LogP contribution is 2.28. The molecule has 2 aromatic heterocycles. The van der Waals surface area contributed by atoms with Crippen molar-refractivity contribution in [1.82, 2.24) is 14.8 Å². The van der Waals surface area contributed by atoms with E-state index >= 15 is 0 Å². The third kappa shape index (κ3) is 2.70. The van der Waals surface area contributed by atoms with Gasteiger partial charge in [-0.2, -0.15) is 18.3 Å². The second-order valence-electron chi connectivity index (χ2n) is 3.25. The van der Waals surface area contributed by atoms with Crippen molar-refractivity contribution in [2.24, 2.45) is 0 Å². The van der Waals surface area contributed by atoms with Gasteiger partial charge in [0.25, 0.3) is 0 Å². The van der Waals surface area contributed by atoms with Crippen molar-refractivity contribution < 1.29 is 17.4 Å². The molecule has 0 bridgehead atoms. The third-order valence-electron chi connectivity index (χ3n) is 2.05. The van der Waals surface area contributed by atoms with Crippen LogP contribution in [0.1, 0.15) is 5.56 Å². The molecule has 2 heterocycles. The molecule has 0 saturated carbocycles. The van der Waals surface area contributed by atoms with E-state index in [1.54, 1.807) is 0 Å².